The number of rotatable bonds is 1. The summed E-state index contributed by atoms with van der Waals surface area (Å²) in [4.78, 5) is 14.1. The molecular weight excluding hydrogens is 176 g/mol. The number of piperidine rings is 1. The van der Waals surface area contributed by atoms with Gasteiger partial charge in [-0.05, 0) is 32.5 Å². The third kappa shape index (κ3) is 6.89. The van der Waals surface area contributed by atoms with Crippen LogP contribution in [0, 0.1) is 0 Å². The van der Waals surface area contributed by atoms with Crippen molar-refractivity contribution in [3.63, 3.8) is 0 Å². The molecular formula is C11H24N2O. The summed E-state index contributed by atoms with van der Waals surface area (Å²) >= 11 is 0. The summed E-state index contributed by atoms with van der Waals surface area (Å²) in [5.41, 5.74) is 0. The molecule has 1 aliphatic rings. The Morgan fingerprint density at radius 1 is 1.21 bits per heavy atom. The van der Waals surface area contributed by atoms with E-state index in [-0.39, 0.29) is 5.91 Å². The van der Waals surface area contributed by atoms with Gasteiger partial charge in [-0.3, -0.25) is 4.79 Å². The SMILES string of the molecule is CC(=O)N(C)C.CCN1CCCCC1. The van der Waals surface area contributed by atoms with Crippen molar-refractivity contribution in [2.45, 2.75) is 33.1 Å². The quantitative estimate of drug-likeness (QED) is 0.641. The van der Waals surface area contributed by atoms with Gasteiger partial charge in [0.15, 0.2) is 0 Å². The largest absolute Gasteiger partial charge is 0.349 e. The van der Waals surface area contributed by atoms with Crippen molar-refractivity contribution in [2.75, 3.05) is 33.7 Å². The molecule has 0 unspecified atom stereocenters. The zero-order valence-electron chi connectivity index (χ0n) is 10.0. The lowest BCUT2D eigenvalue weighted by atomic mass is 10.1. The molecule has 0 aromatic carbocycles. The monoisotopic (exact) mass is 200 g/mol. The summed E-state index contributed by atoms with van der Waals surface area (Å²) in [6.07, 6.45) is 4.30. The van der Waals surface area contributed by atoms with E-state index in [4.69, 9.17) is 0 Å². The average Bonchev–Trinajstić information content (AvgIpc) is 2.20. The van der Waals surface area contributed by atoms with Crippen molar-refractivity contribution in [1.29, 1.82) is 0 Å². The van der Waals surface area contributed by atoms with E-state index in [0.717, 1.165) is 0 Å². The molecule has 1 rings (SSSR count). The number of likely N-dealkylation sites (tertiary alicyclic amines) is 1. The second-order valence-electron chi connectivity index (χ2n) is 3.91. The van der Waals surface area contributed by atoms with Crippen LogP contribution in [0.4, 0.5) is 0 Å². The molecule has 84 valence electrons. The third-order valence-electron chi connectivity index (χ3n) is 2.53. The fourth-order valence-corrected chi connectivity index (χ4v) is 1.28. The molecule has 1 fully saturated rings. The van der Waals surface area contributed by atoms with E-state index in [2.05, 4.69) is 11.8 Å². The standard InChI is InChI=1S/C7H15N.C4H9NO/c1-2-8-6-4-3-5-7-8;1-4(6)5(2)3/h2-7H2,1H3;1-3H3. The second-order valence-corrected chi connectivity index (χ2v) is 3.91. The number of carbonyl (C=O) groups is 1. The highest BCUT2D eigenvalue weighted by Gasteiger charge is 2.05. The molecule has 14 heavy (non-hydrogen) atoms. The molecule has 0 aromatic heterocycles. The maximum atomic E-state index is 10.1. The first-order valence-corrected chi connectivity index (χ1v) is 5.48. The maximum Gasteiger partial charge on any atom is 0.218 e. The average molecular weight is 200 g/mol. The minimum absolute atomic E-state index is 0.0926. The fourth-order valence-electron chi connectivity index (χ4n) is 1.28. The van der Waals surface area contributed by atoms with E-state index >= 15 is 0 Å². The van der Waals surface area contributed by atoms with E-state index in [9.17, 15) is 4.79 Å². The van der Waals surface area contributed by atoms with Crippen molar-refractivity contribution in [2.24, 2.45) is 0 Å². The van der Waals surface area contributed by atoms with E-state index in [0.29, 0.717) is 0 Å². The van der Waals surface area contributed by atoms with Gasteiger partial charge in [0.1, 0.15) is 0 Å². The Kier molecular flexibility index (Phi) is 7.48. The number of carbonyl (C=O) groups excluding carboxylic acids is 1. The summed E-state index contributed by atoms with van der Waals surface area (Å²) in [5.74, 6) is 0.0926. The van der Waals surface area contributed by atoms with Gasteiger partial charge >= 0.3 is 0 Å². The highest BCUT2D eigenvalue weighted by Crippen LogP contribution is 2.06. The number of nitrogens with zero attached hydrogens (tertiary/aromatic N) is 2. The van der Waals surface area contributed by atoms with Crippen LogP contribution < -0.4 is 0 Å². The first-order valence-electron chi connectivity index (χ1n) is 5.48. The topological polar surface area (TPSA) is 23.6 Å². The maximum absolute atomic E-state index is 10.1. The van der Waals surface area contributed by atoms with Crippen LogP contribution in [0.25, 0.3) is 0 Å². The molecule has 3 heteroatoms. The highest BCUT2D eigenvalue weighted by molar-refractivity contribution is 5.72. The van der Waals surface area contributed by atoms with Gasteiger partial charge in [0.25, 0.3) is 0 Å². The zero-order valence-corrected chi connectivity index (χ0v) is 10.0. The van der Waals surface area contributed by atoms with Crippen LogP contribution in [-0.2, 0) is 4.79 Å². The Balaban J connectivity index is 0.000000255. The third-order valence-corrected chi connectivity index (χ3v) is 2.53. The minimum atomic E-state index is 0.0926. The van der Waals surface area contributed by atoms with E-state index in [1.165, 1.54) is 50.7 Å². The molecule has 0 atom stereocenters. The normalized spacial score (nSPS) is 16.9. The summed E-state index contributed by atoms with van der Waals surface area (Å²) < 4.78 is 0. The van der Waals surface area contributed by atoms with Gasteiger partial charge in [-0.25, -0.2) is 0 Å². The van der Waals surface area contributed by atoms with Crippen LogP contribution in [0.5, 0.6) is 0 Å². The second kappa shape index (κ2) is 7.80. The summed E-state index contributed by atoms with van der Waals surface area (Å²) in [7, 11) is 3.45. The Morgan fingerprint density at radius 3 is 1.86 bits per heavy atom. The molecule has 1 saturated heterocycles. The summed E-state index contributed by atoms with van der Waals surface area (Å²) in [5, 5.41) is 0. The Labute approximate surface area is 88.1 Å². The first kappa shape index (κ1) is 13.4. The summed E-state index contributed by atoms with van der Waals surface area (Å²) in [6, 6.07) is 0. The van der Waals surface area contributed by atoms with Crippen LogP contribution in [0.1, 0.15) is 33.1 Å². The molecule has 0 bridgehead atoms. The van der Waals surface area contributed by atoms with Gasteiger partial charge in [0.05, 0.1) is 0 Å². The Hall–Kier alpha value is -0.570. The van der Waals surface area contributed by atoms with Gasteiger partial charge in [0.2, 0.25) is 5.91 Å². The van der Waals surface area contributed by atoms with Crippen molar-refractivity contribution in [3.8, 4) is 0 Å². The molecule has 0 spiro atoms. The van der Waals surface area contributed by atoms with Gasteiger partial charge in [0, 0.05) is 21.0 Å². The van der Waals surface area contributed by atoms with Crippen LogP contribution in [0.3, 0.4) is 0 Å². The van der Waals surface area contributed by atoms with Crippen LogP contribution >= 0.6 is 0 Å². The van der Waals surface area contributed by atoms with Gasteiger partial charge in [-0.1, -0.05) is 13.3 Å². The molecule has 0 radical (unpaired) electrons. The van der Waals surface area contributed by atoms with Gasteiger partial charge in [-0.2, -0.15) is 0 Å². The number of hydrogen-bond donors (Lipinski definition) is 0. The van der Waals surface area contributed by atoms with E-state index in [1.54, 1.807) is 14.1 Å². The van der Waals surface area contributed by atoms with Crippen LogP contribution in [-0.4, -0.2) is 49.4 Å². The molecule has 1 heterocycles. The van der Waals surface area contributed by atoms with Crippen molar-refractivity contribution in [3.05, 3.63) is 0 Å². The Bertz CT molecular complexity index is 151. The zero-order chi connectivity index (χ0) is 11.0. The summed E-state index contributed by atoms with van der Waals surface area (Å²) in [6.45, 7) is 7.71. The minimum Gasteiger partial charge on any atom is -0.349 e. The van der Waals surface area contributed by atoms with E-state index < -0.39 is 0 Å². The lowest BCUT2D eigenvalue weighted by Gasteiger charge is -2.24. The van der Waals surface area contributed by atoms with Gasteiger partial charge in [-0.15, -0.1) is 0 Å². The predicted molar refractivity (Wildman–Crippen MR) is 60.3 cm³/mol. The van der Waals surface area contributed by atoms with E-state index in [1.807, 2.05) is 0 Å². The molecule has 0 aliphatic carbocycles. The fraction of sp³-hybridized carbons (Fsp3) is 0.909. The Morgan fingerprint density at radius 2 is 1.64 bits per heavy atom. The molecule has 1 amide bonds. The first-order chi connectivity index (χ1) is 6.57. The van der Waals surface area contributed by atoms with Crippen LogP contribution in [0.15, 0.2) is 0 Å². The smallest absolute Gasteiger partial charge is 0.218 e. The predicted octanol–water partition coefficient (Wildman–Crippen LogP) is 1.59. The molecule has 0 N–H and O–H groups in total. The lowest BCUT2D eigenvalue weighted by Crippen LogP contribution is -2.29. The molecule has 1 aliphatic heterocycles. The lowest BCUT2D eigenvalue weighted by molar-refractivity contribution is -0.126. The number of hydrogen-bond acceptors (Lipinski definition) is 2. The molecule has 0 saturated carbocycles. The van der Waals surface area contributed by atoms with Gasteiger partial charge < -0.3 is 9.80 Å². The highest BCUT2D eigenvalue weighted by atomic mass is 16.2. The molecule has 0 aromatic rings. The molecule has 3 nitrogen and oxygen atoms in total. The van der Waals surface area contributed by atoms with Crippen LogP contribution in [0.2, 0.25) is 0 Å². The van der Waals surface area contributed by atoms with Crippen molar-refractivity contribution >= 4 is 5.91 Å². The van der Waals surface area contributed by atoms with Crippen molar-refractivity contribution in [1.82, 2.24) is 9.80 Å². The van der Waals surface area contributed by atoms with Crippen molar-refractivity contribution < 1.29 is 4.79 Å². The number of amides is 1.